The standard InChI is InChI=1S/C48H62N8O6/c1-9-11-13-15-31-25-55(53-51-31)19-17-49-23-35-41-33(37(27(3)4)47(61)43(35)57)21-29(7)39(45(41)59)40-30(8)22-34-38(28(5)6)48(62)44(58)36(42(34)46(40)60)24-50-18-20-56-26-32(52-54-56)16-14-12-10-2/h21-28,57-62H,9-20H2,1-8H3. The number of fused-ring (bicyclic) bond motifs is 2. The van der Waals surface area contributed by atoms with Crippen molar-refractivity contribution < 1.29 is 30.6 Å². The van der Waals surface area contributed by atoms with Gasteiger partial charge in [-0.1, -0.05) is 89.8 Å². The number of unbranched alkanes of at least 4 members (excludes halogenated alkanes) is 4. The molecule has 0 saturated carbocycles. The van der Waals surface area contributed by atoms with E-state index in [1.807, 2.05) is 66.1 Å². The molecule has 0 saturated heterocycles. The number of aromatic nitrogens is 6. The van der Waals surface area contributed by atoms with Gasteiger partial charge >= 0.3 is 0 Å². The minimum atomic E-state index is -0.424. The summed E-state index contributed by atoms with van der Waals surface area (Å²) in [6.45, 7) is 16.9. The van der Waals surface area contributed by atoms with Crippen molar-refractivity contribution >= 4 is 34.0 Å². The number of hydrogen-bond donors (Lipinski definition) is 6. The van der Waals surface area contributed by atoms with Crippen LogP contribution >= 0.6 is 0 Å². The molecule has 0 fully saturated rings. The average molecular weight is 847 g/mol. The predicted octanol–water partition coefficient (Wildman–Crippen LogP) is 9.64. The molecule has 0 unspecified atom stereocenters. The van der Waals surface area contributed by atoms with Crippen LogP contribution in [0.4, 0.5) is 0 Å². The highest BCUT2D eigenvalue weighted by Crippen LogP contribution is 2.54. The molecule has 0 spiro atoms. The van der Waals surface area contributed by atoms with E-state index >= 15 is 0 Å². The van der Waals surface area contributed by atoms with Gasteiger partial charge in [0.2, 0.25) is 0 Å². The van der Waals surface area contributed by atoms with Gasteiger partial charge in [-0.3, -0.25) is 19.3 Å². The number of nitrogens with zero attached hydrogens (tertiary/aromatic N) is 8. The third kappa shape index (κ3) is 9.19. The van der Waals surface area contributed by atoms with Gasteiger partial charge in [-0.2, -0.15) is 0 Å². The van der Waals surface area contributed by atoms with Crippen molar-refractivity contribution in [3.8, 4) is 45.6 Å². The predicted molar refractivity (Wildman–Crippen MR) is 246 cm³/mol. The highest BCUT2D eigenvalue weighted by atomic mass is 16.3. The smallest absolute Gasteiger partial charge is 0.167 e. The molecule has 4 aromatic carbocycles. The zero-order chi connectivity index (χ0) is 44.8. The van der Waals surface area contributed by atoms with Gasteiger partial charge in [-0.15, -0.1) is 10.2 Å². The van der Waals surface area contributed by atoms with Crippen LogP contribution in [-0.2, 0) is 25.9 Å². The molecule has 0 amide bonds. The number of aryl methyl sites for hydroxylation is 4. The summed E-state index contributed by atoms with van der Waals surface area (Å²) in [6, 6.07) is 3.68. The maximum Gasteiger partial charge on any atom is 0.167 e. The van der Waals surface area contributed by atoms with Gasteiger partial charge in [0.15, 0.2) is 23.0 Å². The fourth-order valence-corrected chi connectivity index (χ4v) is 8.49. The van der Waals surface area contributed by atoms with Crippen LogP contribution in [0.1, 0.15) is 137 Å². The molecule has 0 aliphatic rings. The van der Waals surface area contributed by atoms with Crippen molar-refractivity contribution in [1.29, 1.82) is 0 Å². The van der Waals surface area contributed by atoms with E-state index in [4.69, 9.17) is 0 Å². The van der Waals surface area contributed by atoms with Crippen LogP contribution < -0.4 is 0 Å². The molecule has 2 aromatic heterocycles. The Morgan fingerprint density at radius 1 is 0.565 bits per heavy atom. The van der Waals surface area contributed by atoms with Gasteiger partial charge in [-0.05, 0) is 73.3 Å². The molecule has 2 heterocycles. The molecule has 330 valence electrons. The van der Waals surface area contributed by atoms with Crippen LogP contribution in [0.3, 0.4) is 0 Å². The lowest BCUT2D eigenvalue weighted by atomic mass is 9.83. The summed E-state index contributed by atoms with van der Waals surface area (Å²) in [5, 5.41) is 89.3. The third-order valence-electron chi connectivity index (χ3n) is 11.6. The molecule has 14 heteroatoms. The molecule has 0 aliphatic carbocycles. The summed E-state index contributed by atoms with van der Waals surface area (Å²) < 4.78 is 3.45. The highest BCUT2D eigenvalue weighted by Gasteiger charge is 2.29. The van der Waals surface area contributed by atoms with Gasteiger partial charge in [0, 0.05) is 69.0 Å². The molecule has 6 rings (SSSR count). The van der Waals surface area contributed by atoms with Crippen LogP contribution in [0, 0.1) is 13.8 Å². The Morgan fingerprint density at radius 3 is 1.31 bits per heavy atom. The van der Waals surface area contributed by atoms with Crippen molar-refractivity contribution in [2.75, 3.05) is 13.1 Å². The minimum absolute atomic E-state index is 0.121. The van der Waals surface area contributed by atoms with Crippen molar-refractivity contribution in [2.45, 2.75) is 132 Å². The number of rotatable bonds is 19. The zero-order valence-electron chi connectivity index (χ0n) is 37.4. The quantitative estimate of drug-likeness (QED) is 0.0258. The minimum Gasteiger partial charge on any atom is -0.507 e. The largest absolute Gasteiger partial charge is 0.507 e. The summed E-state index contributed by atoms with van der Waals surface area (Å²) in [7, 11) is 0. The second-order valence-electron chi connectivity index (χ2n) is 17.0. The lowest BCUT2D eigenvalue weighted by Crippen LogP contribution is -2.03. The van der Waals surface area contributed by atoms with Crippen molar-refractivity contribution in [3.05, 3.63) is 69.3 Å². The Morgan fingerprint density at radius 2 is 0.952 bits per heavy atom. The summed E-state index contributed by atoms with van der Waals surface area (Å²) in [4.78, 5) is 9.19. The summed E-state index contributed by atoms with van der Waals surface area (Å²) in [5.74, 6) is -2.37. The number of hydrogen-bond acceptors (Lipinski definition) is 12. The van der Waals surface area contributed by atoms with Gasteiger partial charge < -0.3 is 30.6 Å². The van der Waals surface area contributed by atoms with Crippen LogP contribution in [0.25, 0.3) is 32.7 Å². The van der Waals surface area contributed by atoms with Gasteiger partial charge in [0.1, 0.15) is 11.5 Å². The number of aromatic hydroxyl groups is 6. The van der Waals surface area contributed by atoms with E-state index in [-0.39, 0.29) is 69.8 Å². The van der Waals surface area contributed by atoms with E-state index < -0.39 is 11.5 Å². The third-order valence-corrected chi connectivity index (χ3v) is 11.6. The van der Waals surface area contributed by atoms with Crippen LogP contribution in [-0.4, -0.2) is 86.1 Å². The zero-order valence-corrected chi connectivity index (χ0v) is 37.4. The van der Waals surface area contributed by atoms with E-state index in [0.717, 1.165) is 62.8 Å². The molecule has 0 bridgehead atoms. The first-order valence-corrected chi connectivity index (χ1v) is 22.0. The van der Waals surface area contributed by atoms with Crippen molar-refractivity contribution in [2.24, 2.45) is 9.98 Å². The van der Waals surface area contributed by atoms with Gasteiger partial charge in [-0.25, -0.2) is 0 Å². The maximum absolute atomic E-state index is 12.5. The van der Waals surface area contributed by atoms with Crippen LogP contribution in [0.15, 0.2) is 34.5 Å². The Labute approximate surface area is 363 Å². The van der Waals surface area contributed by atoms with Crippen molar-refractivity contribution in [3.63, 3.8) is 0 Å². The normalized spacial score (nSPS) is 12.2. The first-order chi connectivity index (χ1) is 29.7. The Hall–Kier alpha value is -6.18. The van der Waals surface area contributed by atoms with E-state index in [1.54, 1.807) is 9.36 Å². The van der Waals surface area contributed by atoms with Crippen molar-refractivity contribution in [1.82, 2.24) is 30.0 Å². The SMILES string of the molecule is CCCCCc1cn(CCN=Cc2c(O)c(O)c(C(C)C)c3cc(C)c(-c4c(C)cc5c(C(C)C)c(O)c(O)c(C=NCCn6cc(CCCCC)nn6)c5c4O)c(O)c23)nn1. The number of benzene rings is 4. The van der Waals surface area contributed by atoms with Gasteiger partial charge in [0.25, 0.3) is 0 Å². The highest BCUT2D eigenvalue weighted by molar-refractivity contribution is 6.15. The monoisotopic (exact) mass is 846 g/mol. The van der Waals surface area contributed by atoms with Crippen LogP contribution in [0.5, 0.6) is 34.5 Å². The van der Waals surface area contributed by atoms with E-state index in [1.165, 1.54) is 12.4 Å². The number of aliphatic imine (C=N–C) groups is 2. The molecule has 6 aromatic rings. The maximum atomic E-state index is 12.5. The Balaban J connectivity index is 1.46. The second kappa shape index (κ2) is 19.7. The molecule has 0 radical (unpaired) electrons. The lowest BCUT2D eigenvalue weighted by molar-refractivity contribution is 0.398. The molecule has 0 aliphatic heterocycles. The first-order valence-electron chi connectivity index (χ1n) is 22.0. The van der Waals surface area contributed by atoms with Crippen LogP contribution in [0.2, 0.25) is 0 Å². The first kappa shape index (κ1) is 45.3. The molecular weight excluding hydrogens is 785 g/mol. The number of phenols is 6. The Bertz CT molecular complexity index is 2440. The summed E-state index contributed by atoms with van der Waals surface area (Å²) in [6.07, 6.45) is 15.0. The van der Waals surface area contributed by atoms with Gasteiger partial charge in [0.05, 0.1) is 37.6 Å². The lowest BCUT2D eigenvalue weighted by Gasteiger charge is -2.23. The molecule has 62 heavy (non-hydrogen) atoms. The van der Waals surface area contributed by atoms with E-state index in [2.05, 4.69) is 44.5 Å². The molecular formula is C48H62N8O6. The Kier molecular flexibility index (Phi) is 14.4. The second-order valence-corrected chi connectivity index (χ2v) is 17.0. The van der Waals surface area contributed by atoms with E-state index in [9.17, 15) is 30.6 Å². The fraction of sp³-hybridized carbons (Fsp3) is 0.458. The molecule has 6 N–H and O–H groups in total. The number of phenolic OH excluding ortho intramolecular Hbond substituents is 6. The summed E-state index contributed by atoms with van der Waals surface area (Å²) in [5.41, 5.74) is 4.76. The van der Waals surface area contributed by atoms with E-state index in [0.29, 0.717) is 57.2 Å². The molecule has 14 nitrogen and oxygen atoms in total. The average Bonchev–Trinajstić information content (AvgIpc) is 3.88. The summed E-state index contributed by atoms with van der Waals surface area (Å²) >= 11 is 0. The fourth-order valence-electron chi connectivity index (χ4n) is 8.49. The molecule has 0 atom stereocenters. The topological polar surface area (TPSA) is 208 Å².